The topological polar surface area (TPSA) is 93.7 Å². The van der Waals surface area contributed by atoms with Crippen LogP contribution in [-0.2, 0) is 14.8 Å². The number of hydrogen-bond donors (Lipinski definition) is 2. The highest BCUT2D eigenvalue weighted by molar-refractivity contribution is 7.92. The van der Waals surface area contributed by atoms with Gasteiger partial charge in [-0.15, -0.1) is 0 Å². The molecule has 0 unspecified atom stereocenters. The minimum atomic E-state index is -3.88. The lowest BCUT2D eigenvalue weighted by atomic mass is 9.93. The van der Waals surface area contributed by atoms with E-state index in [4.69, 9.17) is 9.47 Å². The summed E-state index contributed by atoms with van der Waals surface area (Å²) in [6.45, 7) is 4.32. The molecule has 32 heavy (non-hydrogen) atoms. The van der Waals surface area contributed by atoms with E-state index in [1.165, 1.54) is 31.4 Å². The fourth-order valence-corrected chi connectivity index (χ4v) is 4.80. The first-order chi connectivity index (χ1) is 15.5. The van der Waals surface area contributed by atoms with Gasteiger partial charge < -0.3 is 14.8 Å². The Morgan fingerprint density at radius 1 is 1.03 bits per heavy atom. The van der Waals surface area contributed by atoms with Gasteiger partial charge in [-0.3, -0.25) is 9.52 Å². The van der Waals surface area contributed by atoms with Crippen LogP contribution in [0.2, 0.25) is 0 Å². The van der Waals surface area contributed by atoms with E-state index >= 15 is 0 Å². The molecule has 0 bridgehead atoms. The molecule has 0 atom stereocenters. The largest absolute Gasteiger partial charge is 0.491 e. The summed E-state index contributed by atoms with van der Waals surface area (Å²) in [6.07, 6.45) is 5.71. The number of benzene rings is 2. The lowest BCUT2D eigenvalue weighted by molar-refractivity contribution is -0.133. The minimum Gasteiger partial charge on any atom is -0.491 e. The van der Waals surface area contributed by atoms with Gasteiger partial charge in [0.2, 0.25) is 0 Å². The van der Waals surface area contributed by atoms with Crippen molar-refractivity contribution in [3.05, 3.63) is 48.5 Å². The van der Waals surface area contributed by atoms with Gasteiger partial charge in [-0.05, 0) is 69.0 Å². The van der Waals surface area contributed by atoms with Gasteiger partial charge in [0.25, 0.3) is 10.0 Å². The van der Waals surface area contributed by atoms with E-state index in [2.05, 4.69) is 10.0 Å². The van der Waals surface area contributed by atoms with Crippen molar-refractivity contribution in [1.82, 2.24) is 5.32 Å². The molecule has 3 rings (SSSR count). The summed E-state index contributed by atoms with van der Waals surface area (Å²) >= 11 is 0. The normalized spacial score (nSPS) is 14.7. The van der Waals surface area contributed by atoms with Gasteiger partial charge in [0.1, 0.15) is 11.4 Å². The van der Waals surface area contributed by atoms with Crippen molar-refractivity contribution in [2.75, 3.05) is 24.4 Å². The number of hydrogen-bond acceptors (Lipinski definition) is 6. The lowest BCUT2D eigenvalue weighted by Crippen LogP contribution is -2.27. The summed E-state index contributed by atoms with van der Waals surface area (Å²) in [5.41, 5.74) is 0.136. The molecule has 0 radical (unpaired) electrons. The first kappa shape index (κ1) is 24.1. The van der Waals surface area contributed by atoms with Crippen molar-refractivity contribution in [2.24, 2.45) is 5.92 Å². The maximum Gasteiger partial charge on any atom is 0.310 e. The first-order valence-corrected chi connectivity index (χ1v) is 12.7. The van der Waals surface area contributed by atoms with Crippen molar-refractivity contribution in [3.8, 4) is 11.5 Å². The van der Waals surface area contributed by atoms with E-state index in [9.17, 15) is 13.2 Å². The third-order valence-corrected chi connectivity index (χ3v) is 6.88. The quantitative estimate of drug-likeness (QED) is 0.294. The molecule has 1 aliphatic heterocycles. The summed E-state index contributed by atoms with van der Waals surface area (Å²) in [6, 6.07) is 13.0. The number of esters is 1. The van der Waals surface area contributed by atoms with Crippen LogP contribution >= 0.6 is 0 Å². The molecule has 0 spiro atoms. The van der Waals surface area contributed by atoms with Crippen LogP contribution in [0.1, 0.15) is 45.4 Å². The Morgan fingerprint density at radius 2 is 1.75 bits per heavy atom. The highest BCUT2D eigenvalue weighted by Gasteiger charge is 2.21. The Bertz CT molecular complexity index is 973. The highest BCUT2D eigenvalue weighted by Crippen LogP contribution is 2.37. The number of carbonyl (C=O) groups is 1. The zero-order valence-electron chi connectivity index (χ0n) is 18.5. The van der Waals surface area contributed by atoms with Crippen LogP contribution in [0.15, 0.2) is 53.4 Å². The Morgan fingerprint density at radius 3 is 2.47 bits per heavy atom. The number of rotatable bonds is 11. The van der Waals surface area contributed by atoms with E-state index in [-0.39, 0.29) is 22.8 Å². The number of unbranched alkanes of at least 4 members (excludes halogenated alkanes) is 1. The van der Waals surface area contributed by atoms with E-state index in [0.29, 0.717) is 12.4 Å². The maximum absolute atomic E-state index is 12.9. The monoisotopic (exact) mass is 460 g/mol. The second-order valence-corrected chi connectivity index (χ2v) is 9.60. The summed E-state index contributed by atoms with van der Waals surface area (Å²) < 4.78 is 39.7. The van der Waals surface area contributed by atoms with Crippen LogP contribution < -0.4 is 19.5 Å². The average molecular weight is 461 g/mol. The number of sulfonamides is 1. The zero-order valence-corrected chi connectivity index (χ0v) is 19.3. The molecule has 7 nitrogen and oxygen atoms in total. The van der Waals surface area contributed by atoms with Gasteiger partial charge in [-0.1, -0.05) is 37.6 Å². The molecule has 2 N–H and O–H groups in total. The molecule has 1 saturated heterocycles. The summed E-state index contributed by atoms with van der Waals surface area (Å²) in [5.74, 6) is 0.780. The lowest BCUT2D eigenvalue weighted by Gasteiger charge is -2.22. The van der Waals surface area contributed by atoms with Crippen molar-refractivity contribution in [1.29, 1.82) is 0 Å². The maximum atomic E-state index is 12.9. The van der Waals surface area contributed by atoms with Crippen LogP contribution in [0.3, 0.4) is 0 Å². The molecule has 0 aliphatic carbocycles. The van der Waals surface area contributed by atoms with Gasteiger partial charge >= 0.3 is 5.97 Å². The molecule has 2 aromatic rings. The highest BCUT2D eigenvalue weighted by atomic mass is 32.2. The molecule has 2 aromatic carbocycles. The molecule has 1 aliphatic rings. The third-order valence-electron chi connectivity index (χ3n) is 5.51. The number of piperidine rings is 1. The van der Waals surface area contributed by atoms with Crippen LogP contribution in [0, 0.1) is 5.92 Å². The Labute approximate surface area is 190 Å². The minimum absolute atomic E-state index is 0.115. The predicted octanol–water partition coefficient (Wildman–Crippen LogP) is 4.35. The Balaban J connectivity index is 1.70. The van der Waals surface area contributed by atoms with Gasteiger partial charge in [0.15, 0.2) is 5.75 Å². The predicted molar refractivity (Wildman–Crippen MR) is 125 cm³/mol. The molecule has 1 fully saturated rings. The summed E-state index contributed by atoms with van der Waals surface area (Å²) in [7, 11) is -3.88. The molecular formula is C24H32N2O5S. The van der Waals surface area contributed by atoms with Crippen LogP contribution in [0.4, 0.5) is 5.69 Å². The zero-order chi connectivity index (χ0) is 22.8. The van der Waals surface area contributed by atoms with Crippen LogP contribution in [0.5, 0.6) is 11.5 Å². The number of para-hydroxylation sites is 1. The van der Waals surface area contributed by atoms with Crippen molar-refractivity contribution >= 4 is 21.7 Å². The van der Waals surface area contributed by atoms with Crippen molar-refractivity contribution in [3.63, 3.8) is 0 Å². The molecule has 0 amide bonds. The van der Waals surface area contributed by atoms with Crippen LogP contribution in [-0.4, -0.2) is 34.1 Å². The van der Waals surface area contributed by atoms with E-state index in [1.807, 2.05) is 0 Å². The van der Waals surface area contributed by atoms with Crippen LogP contribution in [0.25, 0.3) is 0 Å². The molecule has 0 aromatic heterocycles. The summed E-state index contributed by atoms with van der Waals surface area (Å²) in [4.78, 5) is 12.0. The number of carbonyl (C=O) groups excluding carboxylic acids is 1. The number of nitrogens with one attached hydrogen (secondary N) is 2. The van der Waals surface area contributed by atoms with E-state index in [0.717, 1.165) is 31.8 Å². The van der Waals surface area contributed by atoms with Gasteiger partial charge in [-0.2, -0.15) is 0 Å². The molecule has 1 heterocycles. The number of anilines is 1. The molecular weight excluding hydrogens is 428 g/mol. The van der Waals surface area contributed by atoms with Gasteiger partial charge in [-0.25, -0.2) is 8.42 Å². The van der Waals surface area contributed by atoms with E-state index in [1.54, 1.807) is 43.3 Å². The Kier molecular flexibility index (Phi) is 8.93. The molecule has 8 heteroatoms. The first-order valence-electron chi connectivity index (χ1n) is 11.2. The molecule has 0 saturated carbocycles. The fraction of sp³-hybridized carbons (Fsp3) is 0.458. The third kappa shape index (κ3) is 6.97. The van der Waals surface area contributed by atoms with Gasteiger partial charge in [0, 0.05) is 6.42 Å². The average Bonchev–Trinajstić information content (AvgIpc) is 2.81. The Hall–Kier alpha value is -2.58. The fourth-order valence-electron chi connectivity index (χ4n) is 3.69. The smallest absolute Gasteiger partial charge is 0.310 e. The van der Waals surface area contributed by atoms with Crippen molar-refractivity contribution < 1.29 is 22.7 Å². The second-order valence-electron chi connectivity index (χ2n) is 7.91. The van der Waals surface area contributed by atoms with E-state index < -0.39 is 16.0 Å². The number of ether oxygens (including phenoxy) is 2. The SMILES string of the molecule is CCC(=O)Oc1cccc(OCCCCC2CCNCC2)c1NS(=O)(=O)c1ccccc1. The van der Waals surface area contributed by atoms with Crippen molar-refractivity contribution in [2.45, 2.75) is 50.3 Å². The summed E-state index contributed by atoms with van der Waals surface area (Å²) in [5, 5.41) is 3.38. The standard InChI is InChI=1S/C24H32N2O5S/c1-2-23(27)31-22-13-8-12-21(30-18-7-6-9-19-14-16-25-17-15-19)24(22)26-32(28,29)20-10-4-3-5-11-20/h3-5,8,10-13,19,25-26H,2,6-7,9,14-18H2,1H3. The second kappa shape index (κ2) is 11.9. The van der Waals surface area contributed by atoms with Gasteiger partial charge in [0.05, 0.1) is 11.5 Å². The molecule has 174 valence electrons.